The van der Waals surface area contributed by atoms with Gasteiger partial charge in [-0.1, -0.05) is 20.8 Å². The van der Waals surface area contributed by atoms with Crippen molar-refractivity contribution in [3.8, 4) is 0 Å². The van der Waals surface area contributed by atoms with Crippen LogP contribution in [0.3, 0.4) is 0 Å². The van der Waals surface area contributed by atoms with Gasteiger partial charge in [-0.05, 0) is 6.92 Å². The number of hydrogen-bond donors (Lipinski definition) is 1. The van der Waals surface area contributed by atoms with Crippen molar-refractivity contribution in [2.75, 3.05) is 13.1 Å². The predicted octanol–water partition coefficient (Wildman–Crippen LogP) is 0.729. The van der Waals surface area contributed by atoms with Gasteiger partial charge < -0.3 is 4.90 Å². The van der Waals surface area contributed by atoms with Gasteiger partial charge in [-0.2, -0.15) is 7.05 Å². The Hall–Kier alpha value is -0.0400. The highest BCUT2D eigenvalue weighted by atomic mass is 15.1. The molecule has 1 heteroatoms. The molecule has 0 aliphatic rings. The molecular weight excluding hydrogens is 110 g/mol. The van der Waals surface area contributed by atoms with Crippen LogP contribution >= 0.6 is 0 Å². The van der Waals surface area contributed by atoms with Gasteiger partial charge in [-0.3, -0.25) is 0 Å². The summed E-state index contributed by atoms with van der Waals surface area (Å²) in [7, 11) is 3.96. The highest BCUT2D eigenvalue weighted by molar-refractivity contribution is 4.57. The molecule has 0 aromatic rings. The molecule has 56 valence electrons. The van der Waals surface area contributed by atoms with E-state index in [9.17, 15) is 0 Å². The largest absolute Gasteiger partial charge is 0.468 e. The summed E-state index contributed by atoms with van der Waals surface area (Å²) in [6.45, 7) is 11.2. The zero-order valence-electron chi connectivity index (χ0n) is 7.12. The van der Waals surface area contributed by atoms with E-state index >= 15 is 0 Å². The van der Waals surface area contributed by atoms with Crippen molar-refractivity contribution in [1.82, 2.24) is 0 Å². The van der Waals surface area contributed by atoms with Crippen LogP contribution < -0.4 is 4.90 Å². The van der Waals surface area contributed by atoms with Gasteiger partial charge in [0.2, 0.25) is 0 Å². The molecule has 0 spiro atoms. The van der Waals surface area contributed by atoms with Crippen LogP contribution in [0.5, 0.6) is 0 Å². The minimum absolute atomic E-state index is 0.424. The minimum atomic E-state index is 0.424. The van der Waals surface area contributed by atoms with E-state index in [0.717, 1.165) is 13.1 Å². The first-order chi connectivity index (χ1) is 3.95. The van der Waals surface area contributed by atoms with Gasteiger partial charge >= 0.3 is 0 Å². The summed E-state index contributed by atoms with van der Waals surface area (Å²) in [5.74, 6) is 0. The van der Waals surface area contributed by atoms with E-state index < -0.39 is 0 Å². The van der Waals surface area contributed by atoms with E-state index in [1.807, 2.05) is 0 Å². The Morgan fingerprint density at radius 3 is 1.89 bits per heavy atom. The fourth-order valence-electron chi connectivity index (χ4n) is 0.875. The van der Waals surface area contributed by atoms with Crippen LogP contribution in [0.4, 0.5) is 0 Å². The van der Waals surface area contributed by atoms with Gasteiger partial charge in [0.25, 0.3) is 0 Å². The van der Waals surface area contributed by atoms with Crippen molar-refractivity contribution in [3.05, 3.63) is 7.05 Å². The molecule has 0 rings (SSSR count). The Balaban J connectivity index is 3.47. The van der Waals surface area contributed by atoms with E-state index in [1.165, 1.54) is 4.90 Å². The van der Waals surface area contributed by atoms with Gasteiger partial charge in [0.05, 0.1) is 13.1 Å². The first-order valence-electron chi connectivity index (χ1n) is 3.62. The third-order valence-electron chi connectivity index (χ3n) is 1.28. The second-order valence-electron chi connectivity index (χ2n) is 3.84. The average Bonchev–Trinajstić information content (AvgIpc) is 1.62. The zero-order chi connectivity index (χ0) is 7.49. The number of quaternary nitrogens is 1. The summed E-state index contributed by atoms with van der Waals surface area (Å²) in [6.07, 6.45) is 0. The Kier molecular flexibility index (Phi) is 3.20. The molecule has 0 aliphatic heterocycles. The molecule has 0 bridgehead atoms. The molecule has 9 heavy (non-hydrogen) atoms. The lowest BCUT2D eigenvalue weighted by Gasteiger charge is -2.27. The van der Waals surface area contributed by atoms with Gasteiger partial charge in [-0.25, -0.2) is 0 Å². The van der Waals surface area contributed by atoms with Crippen molar-refractivity contribution in [2.24, 2.45) is 5.41 Å². The SMILES string of the molecule is [CH2-][NH+](CC)CC(C)(C)C. The Labute approximate surface area is 59.1 Å². The lowest BCUT2D eigenvalue weighted by Crippen LogP contribution is -3.07. The molecule has 1 unspecified atom stereocenters. The zero-order valence-corrected chi connectivity index (χ0v) is 7.12. The standard InChI is InChI=1S/C8H19N/c1-6-9(5)7-8(2,3)4/h9H,5-7H2,1-4H3. The quantitative estimate of drug-likeness (QED) is 0.524. The van der Waals surface area contributed by atoms with E-state index in [-0.39, 0.29) is 0 Å². The van der Waals surface area contributed by atoms with Crippen LogP contribution in [0.1, 0.15) is 27.7 Å². The molecule has 1 nitrogen and oxygen atoms in total. The Morgan fingerprint density at radius 1 is 1.33 bits per heavy atom. The van der Waals surface area contributed by atoms with E-state index in [0.29, 0.717) is 5.41 Å². The van der Waals surface area contributed by atoms with E-state index in [4.69, 9.17) is 0 Å². The number of rotatable bonds is 2. The van der Waals surface area contributed by atoms with Crippen LogP contribution in [0.15, 0.2) is 0 Å². The van der Waals surface area contributed by atoms with Crippen molar-refractivity contribution < 1.29 is 4.90 Å². The van der Waals surface area contributed by atoms with Gasteiger partial charge in [0.1, 0.15) is 0 Å². The van der Waals surface area contributed by atoms with E-state index in [1.54, 1.807) is 0 Å². The molecule has 0 saturated heterocycles. The summed E-state index contributed by atoms with van der Waals surface area (Å²) in [5.41, 5.74) is 0.424. The van der Waals surface area contributed by atoms with E-state index in [2.05, 4.69) is 34.7 Å². The van der Waals surface area contributed by atoms with Crippen molar-refractivity contribution >= 4 is 0 Å². The molecule has 0 aliphatic carbocycles. The maximum atomic E-state index is 3.96. The maximum Gasteiger partial charge on any atom is 0.0579 e. The molecule has 1 atom stereocenters. The molecule has 0 fully saturated rings. The van der Waals surface area contributed by atoms with Crippen LogP contribution in [-0.2, 0) is 0 Å². The van der Waals surface area contributed by atoms with Crippen LogP contribution in [0.25, 0.3) is 0 Å². The third kappa shape index (κ3) is 5.84. The third-order valence-corrected chi connectivity index (χ3v) is 1.28. The molecular formula is C8H19N. The van der Waals surface area contributed by atoms with Gasteiger partial charge in [0, 0.05) is 5.41 Å². The second-order valence-corrected chi connectivity index (χ2v) is 3.84. The number of hydrogen-bond acceptors (Lipinski definition) is 0. The first kappa shape index (κ1) is 8.96. The topological polar surface area (TPSA) is 4.44 Å². The molecule has 0 saturated carbocycles. The summed E-state index contributed by atoms with van der Waals surface area (Å²) in [5, 5.41) is 0. The highest BCUT2D eigenvalue weighted by Crippen LogP contribution is 2.07. The predicted molar refractivity (Wildman–Crippen MR) is 41.2 cm³/mol. The summed E-state index contributed by atoms with van der Waals surface area (Å²) >= 11 is 0. The minimum Gasteiger partial charge on any atom is -0.468 e. The van der Waals surface area contributed by atoms with Gasteiger partial charge in [0.15, 0.2) is 0 Å². The summed E-state index contributed by atoms with van der Waals surface area (Å²) in [6, 6.07) is 0. The first-order valence-corrected chi connectivity index (χ1v) is 3.62. The Bertz CT molecular complexity index is 71.1. The molecule has 0 amide bonds. The highest BCUT2D eigenvalue weighted by Gasteiger charge is 2.12. The monoisotopic (exact) mass is 129 g/mol. The summed E-state index contributed by atoms with van der Waals surface area (Å²) in [4.78, 5) is 1.36. The molecule has 0 aromatic carbocycles. The van der Waals surface area contributed by atoms with Crippen LogP contribution in [0.2, 0.25) is 0 Å². The lowest BCUT2D eigenvalue weighted by atomic mass is 9.96. The van der Waals surface area contributed by atoms with Crippen molar-refractivity contribution in [3.63, 3.8) is 0 Å². The molecule has 0 radical (unpaired) electrons. The molecule has 0 aromatic heterocycles. The fraction of sp³-hybridized carbons (Fsp3) is 0.875. The molecule has 0 heterocycles. The van der Waals surface area contributed by atoms with Crippen molar-refractivity contribution in [2.45, 2.75) is 27.7 Å². The Morgan fingerprint density at radius 2 is 1.78 bits per heavy atom. The van der Waals surface area contributed by atoms with Crippen LogP contribution in [0, 0.1) is 12.5 Å². The lowest BCUT2D eigenvalue weighted by molar-refractivity contribution is -0.858. The maximum absolute atomic E-state index is 3.96. The smallest absolute Gasteiger partial charge is 0.0579 e. The second kappa shape index (κ2) is 3.21. The number of nitrogens with one attached hydrogen (secondary N) is 1. The van der Waals surface area contributed by atoms with Crippen LogP contribution in [-0.4, -0.2) is 13.1 Å². The van der Waals surface area contributed by atoms with Crippen molar-refractivity contribution in [1.29, 1.82) is 0 Å². The van der Waals surface area contributed by atoms with Gasteiger partial charge in [-0.15, -0.1) is 0 Å². The summed E-state index contributed by atoms with van der Waals surface area (Å²) < 4.78 is 0. The average molecular weight is 129 g/mol. The normalized spacial score (nSPS) is 15.7. The fourth-order valence-corrected chi connectivity index (χ4v) is 0.875. The molecule has 1 N–H and O–H groups in total.